The zero-order valence-electron chi connectivity index (χ0n) is 12.2. The van der Waals surface area contributed by atoms with E-state index in [2.05, 4.69) is 5.32 Å². The molecule has 6 heteroatoms. The van der Waals surface area contributed by atoms with Gasteiger partial charge in [0.15, 0.2) is 0 Å². The molecule has 2 N–H and O–H groups in total. The Kier molecular flexibility index (Phi) is 7.71. The Labute approximate surface area is 123 Å². The second-order valence-electron chi connectivity index (χ2n) is 4.92. The number of nitrogens with zero attached hydrogens (tertiary/aromatic N) is 1. The van der Waals surface area contributed by atoms with Gasteiger partial charge in [0, 0.05) is 19.1 Å². The highest BCUT2D eigenvalue weighted by molar-refractivity contribution is 5.18. The maximum atomic E-state index is 12.5. The highest BCUT2D eigenvalue weighted by atomic mass is 19.4. The van der Waals surface area contributed by atoms with Gasteiger partial charge >= 0.3 is 6.18 Å². The van der Waals surface area contributed by atoms with Crippen LogP contribution in [0.1, 0.15) is 24.9 Å². The van der Waals surface area contributed by atoms with E-state index in [1.165, 1.54) is 4.90 Å². The van der Waals surface area contributed by atoms with E-state index in [1.54, 1.807) is 0 Å². The molecular formula is C15H23F3N2O. The first-order valence-electron chi connectivity index (χ1n) is 7.14. The molecule has 1 aromatic rings. The van der Waals surface area contributed by atoms with Crippen LogP contribution >= 0.6 is 0 Å². The van der Waals surface area contributed by atoms with Crippen molar-refractivity contribution in [1.82, 2.24) is 10.2 Å². The minimum Gasteiger partial charge on any atom is -0.395 e. The summed E-state index contributed by atoms with van der Waals surface area (Å²) in [5.41, 5.74) is 1.07. The van der Waals surface area contributed by atoms with Crippen molar-refractivity contribution in [2.24, 2.45) is 0 Å². The van der Waals surface area contributed by atoms with Crippen LogP contribution in [0.25, 0.3) is 0 Å². The van der Waals surface area contributed by atoms with E-state index < -0.39 is 12.7 Å². The summed E-state index contributed by atoms with van der Waals surface area (Å²) >= 11 is 0. The van der Waals surface area contributed by atoms with Crippen molar-refractivity contribution in [2.45, 2.75) is 25.6 Å². The fourth-order valence-corrected chi connectivity index (χ4v) is 2.29. The van der Waals surface area contributed by atoms with Crippen molar-refractivity contribution in [3.05, 3.63) is 35.9 Å². The monoisotopic (exact) mass is 304 g/mol. The largest absolute Gasteiger partial charge is 0.401 e. The molecule has 0 bridgehead atoms. The molecular weight excluding hydrogens is 281 g/mol. The van der Waals surface area contributed by atoms with Crippen molar-refractivity contribution < 1.29 is 18.3 Å². The molecule has 21 heavy (non-hydrogen) atoms. The Morgan fingerprint density at radius 2 is 1.86 bits per heavy atom. The Balaban J connectivity index is 2.61. The van der Waals surface area contributed by atoms with Crippen LogP contribution in [-0.4, -0.2) is 49.0 Å². The number of rotatable bonds is 9. The quantitative estimate of drug-likeness (QED) is 0.736. The summed E-state index contributed by atoms with van der Waals surface area (Å²) in [5, 5.41) is 12.2. The smallest absolute Gasteiger partial charge is 0.395 e. The van der Waals surface area contributed by atoms with Gasteiger partial charge < -0.3 is 10.4 Å². The first kappa shape index (κ1) is 17.9. The lowest BCUT2D eigenvalue weighted by molar-refractivity contribution is -0.147. The summed E-state index contributed by atoms with van der Waals surface area (Å²) in [5.74, 6) is 0. The fraction of sp³-hybridized carbons (Fsp3) is 0.600. The molecule has 0 radical (unpaired) electrons. The van der Waals surface area contributed by atoms with Gasteiger partial charge in [0.1, 0.15) is 0 Å². The van der Waals surface area contributed by atoms with Gasteiger partial charge in [-0.25, -0.2) is 0 Å². The second-order valence-corrected chi connectivity index (χ2v) is 4.92. The van der Waals surface area contributed by atoms with E-state index in [-0.39, 0.29) is 25.7 Å². The van der Waals surface area contributed by atoms with Crippen LogP contribution in [-0.2, 0) is 0 Å². The number of hydrogen-bond donors (Lipinski definition) is 2. The van der Waals surface area contributed by atoms with Gasteiger partial charge in [0.25, 0.3) is 0 Å². The average Bonchev–Trinajstić information content (AvgIpc) is 2.43. The highest BCUT2D eigenvalue weighted by Gasteiger charge is 2.30. The molecule has 1 unspecified atom stereocenters. The number of aliphatic hydroxyl groups is 1. The molecule has 1 aromatic carbocycles. The van der Waals surface area contributed by atoms with Crippen LogP contribution in [0.4, 0.5) is 13.2 Å². The molecule has 0 aliphatic rings. The van der Waals surface area contributed by atoms with Crippen molar-refractivity contribution >= 4 is 0 Å². The molecule has 0 saturated carbocycles. The molecule has 120 valence electrons. The van der Waals surface area contributed by atoms with Crippen molar-refractivity contribution in [3.8, 4) is 0 Å². The Morgan fingerprint density at radius 1 is 1.19 bits per heavy atom. The SMILES string of the molecule is CCNC(CCN(CCO)CC(F)(F)F)c1ccccc1. The van der Waals surface area contributed by atoms with E-state index in [0.717, 1.165) is 12.1 Å². The maximum absolute atomic E-state index is 12.5. The molecule has 1 atom stereocenters. The van der Waals surface area contributed by atoms with E-state index in [4.69, 9.17) is 5.11 Å². The van der Waals surface area contributed by atoms with Crippen LogP contribution in [0.5, 0.6) is 0 Å². The van der Waals surface area contributed by atoms with Gasteiger partial charge in [0.05, 0.1) is 13.2 Å². The molecule has 0 aliphatic carbocycles. The van der Waals surface area contributed by atoms with E-state index in [0.29, 0.717) is 6.42 Å². The van der Waals surface area contributed by atoms with Crippen molar-refractivity contribution in [2.75, 3.05) is 32.8 Å². The Morgan fingerprint density at radius 3 is 2.38 bits per heavy atom. The molecule has 0 heterocycles. The van der Waals surface area contributed by atoms with Crippen LogP contribution in [0.15, 0.2) is 30.3 Å². The number of hydrogen-bond acceptors (Lipinski definition) is 3. The summed E-state index contributed by atoms with van der Waals surface area (Å²) in [4.78, 5) is 1.24. The maximum Gasteiger partial charge on any atom is 0.401 e. The third kappa shape index (κ3) is 7.45. The summed E-state index contributed by atoms with van der Waals surface area (Å²) in [6, 6.07) is 9.70. The number of halogens is 3. The predicted molar refractivity (Wildman–Crippen MR) is 77.1 cm³/mol. The molecule has 1 rings (SSSR count). The topological polar surface area (TPSA) is 35.5 Å². The first-order valence-corrected chi connectivity index (χ1v) is 7.14. The van der Waals surface area contributed by atoms with E-state index in [9.17, 15) is 13.2 Å². The summed E-state index contributed by atoms with van der Waals surface area (Å²) < 4.78 is 37.5. The Bertz CT molecular complexity index is 384. The van der Waals surface area contributed by atoms with Crippen molar-refractivity contribution in [3.63, 3.8) is 0 Å². The van der Waals surface area contributed by atoms with Crippen LogP contribution in [0, 0.1) is 0 Å². The van der Waals surface area contributed by atoms with Gasteiger partial charge in [-0.05, 0) is 18.5 Å². The number of aliphatic hydroxyl groups excluding tert-OH is 1. The normalized spacial score (nSPS) is 13.6. The fourth-order valence-electron chi connectivity index (χ4n) is 2.29. The third-order valence-electron chi connectivity index (χ3n) is 3.21. The van der Waals surface area contributed by atoms with Gasteiger partial charge in [0.2, 0.25) is 0 Å². The van der Waals surface area contributed by atoms with Gasteiger partial charge in [-0.1, -0.05) is 37.3 Å². The number of nitrogens with one attached hydrogen (secondary N) is 1. The van der Waals surface area contributed by atoms with Crippen LogP contribution in [0.2, 0.25) is 0 Å². The molecule has 0 saturated heterocycles. The molecule has 0 aromatic heterocycles. The van der Waals surface area contributed by atoms with Crippen LogP contribution < -0.4 is 5.32 Å². The number of alkyl halides is 3. The summed E-state index contributed by atoms with van der Waals surface area (Å²) in [6.45, 7) is 1.78. The zero-order chi connectivity index (χ0) is 15.7. The van der Waals surface area contributed by atoms with Gasteiger partial charge in [-0.3, -0.25) is 4.90 Å². The first-order chi connectivity index (χ1) is 9.96. The lowest BCUT2D eigenvalue weighted by atomic mass is 10.0. The minimum atomic E-state index is -4.24. The van der Waals surface area contributed by atoms with E-state index in [1.807, 2.05) is 37.3 Å². The van der Waals surface area contributed by atoms with E-state index >= 15 is 0 Å². The lowest BCUT2D eigenvalue weighted by Crippen LogP contribution is -2.38. The van der Waals surface area contributed by atoms with Gasteiger partial charge in [-0.2, -0.15) is 13.2 Å². The molecule has 0 amide bonds. The van der Waals surface area contributed by atoms with Crippen molar-refractivity contribution in [1.29, 1.82) is 0 Å². The molecule has 0 fully saturated rings. The number of benzene rings is 1. The van der Waals surface area contributed by atoms with Gasteiger partial charge in [-0.15, -0.1) is 0 Å². The molecule has 0 spiro atoms. The van der Waals surface area contributed by atoms with Crippen LogP contribution in [0.3, 0.4) is 0 Å². The molecule has 0 aliphatic heterocycles. The molecule has 3 nitrogen and oxygen atoms in total. The zero-order valence-corrected chi connectivity index (χ0v) is 12.2. The Hall–Kier alpha value is -1.11. The lowest BCUT2D eigenvalue weighted by Gasteiger charge is -2.26. The predicted octanol–water partition coefficient (Wildman–Crippen LogP) is 2.58. The second kappa shape index (κ2) is 9.02. The summed E-state index contributed by atoms with van der Waals surface area (Å²) in [6.07, 6.45) is -3.68. The standard InChI is InChI=1S/C15H23F3N2O/c1-2-19-14(13-6-4-3-5-7-13)8-9-20(10-11-21)12-15(16,17)18/h3-7,14,19,21H,2,8-12H2,1H3. The average molecular weight is 304 g/mol. The summed E-state index contributed by atoms with van der Waals surface area (Å²) in [7, 11) is 0. The highest BCUT2D eigenvalue weighted by Crippen LogP contribution is 2.20. The third-order valence-corrected chi connectivity index (χ3v) is 3.21. The minimum absolute atomic E-state index is 0.0191.